The summed E-state index contributed by atoms with van der Waals surface area (Å²) in [4.78, 5) is 27.2. The van der Waals surface area contributed by atoms with Crippen LogP contribution in [0.15, 0.2) is 77.7 Å². The molecule has 214 valence electrons. The number of halogens is 2. The van der Waals surface area contributed by atoms with E-state index in [-0.39, 0.29) is 28.8 Å². The van der Waals surface area contributed by atoms with Crippen LogP contribution in [-0.4, -0.2) is 44.3 Å². The molecule has 0 saturated heterocycles. The molecule has 0 bridgehead atoms. The standard InChI is InChI=1S/C29H33F2N3O5S/c1-3-4-5-18-32-29(36)21(2)34(19-22-6-8-23(30)9-7-22)28(35)20-39-26-14-16-27(17-15-26)40(37,38)33-25-12-10-24(31)11-13-25/h6-17,21,33H,3-5,18-20H2,1-2H3,(H,32,36)/t21-/m0/s1. The number of ether oxygens (including phenoxy) is 1. The van der Waals surface area contributed by atoms with E-state index >= 15 is 0 Å². The molecule has 11 heteroatoms. The Morgan fingerprint density at radius 2 is 1.50 bits per heavy atom. The Hall–Kier alpha value is -3.99. The minimum Gasteiger partial charge on any atom is -0.484 e. The van der Waals surface area contributed by atoms with Crippen molar-refractivity contribution in [2.45, 2.75) is 50.6 Å². The van der Waals surface area contributed by atoms with E-state index in [0.29, 0.717) is 12.1 Å². The molecule has 2 amide bonds. The number of unbranched alkanes of at least 4 members (excludes halogenated alkanes) is 2. The first kappa shape index (κ1) is 30.6. The van der Waals surface area contributed by atoms with Crippen molar-refractivity contribution in [3.8, 4) is 5.75 Å². The molecule has 0 aliphatic carbocycles. The molecule has 3 aromatic rings. The average molecular weight is 574 g/mol. The summed E-state index contributed by atoms with van der Waals surface area (Å²) in [5, 5.41) is 2.85. The second kappa shape index (κ2) is 14.4. The minimum absolute atomic E-state index is 0.0539. The van der Waals surface area contributed by atoms with Gasteiger partial charge < -0.3 is 15.0 Å². The third-order valence-corrected chi connectivity index (χ3v) is 7.50. The number of carbonyl (C=O) groups excluding carboxylic acids is 2. The molecular formula is C29H33F2N3O5S. The molecule has 0 unspecified atom stereocenters. The molecule has 0 fully saturated rings. The van der Waals surface area contributed by atoms with E-state index in [4.69, 9.17) is 4.74 Å². The van der Waals surface area contributed by atoms with Crippen molar-refractivity contribution in [2.75, 3.05) is 17.9 Å². The van der Waals surface area contributed by atoms with Gasteiger partial charge in [-0.1, -0.05) is 31.9 Å². The van der Waals surface area contributed by atoms with Gasteiger partial charge in [-0.15, -0.1) is 0 Å². The van der Waals surface area contributed by atoms with Crippen molar-refractivity contribution >= 4 is 27.5 Å². The lowest BCUT2D eigenvalue weighted by molar-refractivity contribution is -0.142. The Kier molecular flexibility index (Phi) is 11.0. The highest BCUT2D eigenvalue weighted by Crippen LogP contribution is 2.20. The number of carbonyl (C=O) groups is 2. The lowest BCUT2D eigenvalue weighted by Crippen LogP contribution is -2.49. The van der Waals surface area contributed by atoms with Gasteiger partial charge >= 0.3 is 0 Å². The molecule has 3 aromatic carbocycles. The summed E-state index contributed by atoms with van der Waals surface area (Å²) in [5.41, 5.74) is 0.848. The average Bonchev–Trinajstić information content (AvgIpc) is 2.94. The lowest BCUT2D eigenvalue weighted by Gasteiger charge is -2.28. The van der Waals surface area contributed by atoms with Crippen LogP contribution < -0.4 is 14.8 Å². The van der Waals surface area contributed by atoms with Gasteiger partial charge in [-0.25, -0.2) is 17.2 Å². The van der Waals surface area contributed by atoms with Gasteiger partial charge in [0, 0.05) is 18.8 Å². The Bertz CT molecular complexity index is 1370. The van der Waals surface area contributed by atoms with Gasteiger partial charge in [0.25, 0.3) is 15.9 Å². The lowest BCUT2D eigenvalue weighted by atomic mass is 10.1. The fourth-order valence-electron chi connectivity index (χ4n) is 3.78. The molecule has 0 heterocycles. The zero-order valence-corrected chi connectivity index (χ0v) is 23.2. The molecule has 0 spiro atoms. The van der Waals surface area contributed by atoms with E-state index in [2.05, 4.69) is 17.0 Å². The van der Waals surface area contributed by atoms with Gasteiger partial charge in [-0.05, 0) is 79.6 Å². The topological polar surface area (TPSA) is 105 Å². The fraction of sp³-hybridized carbons (Fsp3) is 0.310. The summed E-state index contributed by atoms with van der Waals surface area (Å²) < 4.78 is 59.7. The van der Waals surface area contributed by atoms with Gasteiger partial charge in [-0.2, -0.15) is 0 Å². The molecule has 3 rings (SSSR count). The van der Waals surface area contributed by atoms with Gasteiger partial charge in [0.15, 0.2) is 6.61 Å². The van der Waals surface area contributed by atoms with Crippen LogP contribution >= 0.6 is 0 Å². The Labute approximate surface area is 233 Å². The molecule has 0 aromatic heterocycles. The third kappa shape index (κ3) is 9.04. The molecule has 2 N–H and O–H groups in total. The van der Waals surface area contributed by atoms with E-state index in [1.807, 2.05) is 0 Å². The van der Waals surface area contributed by atoms with Gasteiger partial charge in [0.05, 0.1) is 4.90 Å². The highest BCUT2D eigenvalue weighted by Gasteiger charge is 2.26. The first-order valence-electron chi connectivity index (χ1n) is 12.9. The largest absolute Gasteiger partial charge is 0.484 e. The quantitative estimate of drug-likeness (QED) is 0.268. The molecule has 0 radical (unpaired) electrons. The predicted octanol–water partition coefficient (Wildman–Crippen LogP) is 4.87. The maximum absolute atomic E-state index is 13.4. The van der Waals surface area contributed by atoms with E-state index in [9.17, 15) is 26.8 Å². The number of anilines is 1. The Morgan fingerprint density at radius 3 is 2.10 bits per heavy atom. The van der Waals surface area contributed by atoms with E-state index in [0.717, 1.165) is 31.4 Å². The maximum Gasteiger partial charge on any atom is 0.261 e. The van der Waals surface area contributed by atoms with Crippen LogP contribution in [0, 0.1) is 11.6 Å². The van der Waals surface area contributed by atoms with Gasteiger partial charge in [-0.3, -0.25) is 14.3 Å². The van der Waals surface area contributed by atoms with E-state index in [1.54, 1.807) is 19.1 Å². The zero-order valence-electron chi connectivity index (χ0n) is 22.4. The Balaban J connectivity index is 1.66. The summed E-state index contributed by atoms with van der Waals surface area (Å²) in [6, 6.07) is 15.2. The number of benzene rings is 3. The number of sulfonamides is 1. The molecule has 0 aliphatic rings. The maximum atomic E-state index is 13.4. The van der Waals surface area contributed by atoms with Crippen molar-refractivity contribution in [2.24, 2.45) is 0 Å². The van der Waals surface area contributed by atoms with Crippen LogP contribution in [0.1, 0.15) is 38.7 Å². The zero-order chi connectivity index (χ0) is 29.1. The summed E-state index contributed by atoms with van der Waals surface area (Å²) in [7, 11) is -3.93. The summed E-state index contributed by atoms with van der Waals surface area (Å²) >= 11 is 0. The SMILES string of the molecule is CCCCCNC(=O)[C@H](C)N(Cc1ccc(F)cc1)C(=O)COc1ccc(S(=O)(=O)Nc2ccc(F)cc2)cc1. The molecular weight excluding hydrogens is 540 g/mol. The predicted molar refractivity (Wildman–Crippen MR) is 148 cm³/mol. The van der Waals surface area contributed by atoms with Crippen molar-refractivity contribution in [1.82, 2.24) is 10.2 Å². The monoisotopic (exact) mass is 573 g/mol. The van der Waals surface area contributed by atoms with Crippen LogP contribution in [0.3, 0.4) is 0 Å². The number of amides is 2. The smallest absolute Gasteiger partial charge is 0.261 e. The molecule has 8 nitrogen and oxygen atoms in total. The number of hydrogen-bond donors (Lipinski definition) is 2. The molecule has 1 atom stereocenters. The minimum atomic E-state index is -3.93. The number of nitrogens with one attached hydrogen (secondary N) is 2. The van der Waals surface area contributed by atoms with Crippen molar-refractivity contribution in [3.05, 3.63) is 90.0 Å². The van der Waals surface area contributed by atoms with E-state index < -0.39 is 40.2 Å². The summed E-state index contributed by atoms with van der Waals surface area (Å²) in [5.74, 6) is -1.44. The van der Waals surface area contributed by atoms with Crippen LogP contribution in [0.2, 0.25) is 0 Å². The first-order chi connectivity index (χ1) is 19.1. The van der Waals surface area contributed by atoms with Gasteiger partial charge in [0.1, 0.15) is 23.4 Å². The molecule has 0 saturated carbocycles. The van der Waals surface area contributed by atoms with Crippen molar-refractivity contribution in [3.63, 3.8) is 0 Å². The van der Waals surface area contributed by atoms with Crippen LogP contribution in [-0.2, 0) is 26.2 Å². The highest BCUT2D eigenvalue weighted by molar-refractivity contribution is 7.92. The fourth-order valence-corrected chi connectivity index (χ4v) is 4.84. The number of rotatable bonds is 14. The Morgan fingerprint density at radius 1 is 0.900 bits per heavy atom. The van der Waals surface area contributed by atoms with Crippen molar-refractivity contribution in [1.29, 1.82) is 0 Å². The normalized spacial score (nSPS) is 11.9. The van der Waals surface area contributed by atoms with Crippen LogP contribution in [0.5, 0.6) is 5.75 Å². The first-order valence-corrected chi connectivity index (χ1v) is 14.4. The van der Waals surface area contributed by atoms with Crippen LogP contribution in [0.25, 0.3) is 0 Å². The second-order valence-corrected chi connectivity index (χ2v) is 10.9. The van der Waals surface area contributed by atoms with Gasteiger partial charge in [0.2, 0.25) is 5.91 Å². The number of hydrogen-bond acceptors (Lipinski definition) is 5. The summed E-state index contributed by atoms with van der Waals surface area (Å²) in [6.07, 6.45) is 2.81. The molecule has 40 heavy (non-hydrogen) atoms. The van der Waals surface area contributed by atoms with E-state index in [1.165, 1.54) is 53.4 Å². The van der Waals surface area contributed by atoms with Crippen LogP contribution in [0.4, 0.5) is 14.5 Å². The number of nitrogens with zero attached hydrogens (tertiary/aromatic N) is 1. The second-order valence-electron chi connectivity index (χ2n) is 9.19. The molecule has 0 aliphatic heterocycles. The summed E-state index contributed by atoms with van der Waals surface area (Å²) in [6.45, 7) is 3.83. The highest BCUT2D eigenvalue weighted by atomic mass is 32.2. The van der Waals surface area contributed by atoms with Crippen molar-refractivity contribution < 1.29 is 31.5 Å². The third-order valence-electron chi connectivity index (χ3n) is 6.11.